The summed E-state index contributed by atoms with van der Waals surface area (Å²) >= 11 is 1.46. The van der Waals surface area contributed by atoms with Crippen LogP contribution < -0.4 is 10.1 Å². The third kappa shape index (κ3) is 3.47. The van der Waals surface area contributed by atoms with Gasteiger partial charge in [0.1, 0.15) is 6.10 Å². The van der Waals surface area contributed by atoms with Crippen LogP contribution in [0.25, 0.3) is 10.2 Å². The molecule has 1 atom stereocenters. The molecule has 1 amide bonds. The van der Waals surface area contributed by atoms with Gasteiger partial charge in [-0.3, -0.25) is 10.1 Å². The first kappa shape index (κ1) is 16.0. The number of aromatic nitrogens is 2. The van der Waals surface area contributed by atoms with Gasteiger partial charge in [0.2, 0.25) is 5.88 Å². The molecule has 0 aliphatic carbocycles. The van der Waals surface area contributed by atoms with Crippen molar-refractivity contribution in [3.63, 3.8) is 0 Å². The Hall–Kier alpha value is -2.51. The van der Waals surface area contributed by atoms with Crippen LogP contribution in [-0.4, -0.2) is 35.2 Å². The molecular weight excluding hydrogens is 338 g/mol. The number of amides is 1. The zero-order valence-corrected chi connectivity index (χ0v) is 14.5. The van der Waals surface area contributed by atoms with Gasteiger partial charge in [-0.15, -0.1) is 0 Å². The SMILES string of the molecule is Cc1cccc2sc(NC(=O)c3ccnc(OC4CCOC4)c3)nc12. The fourth-order valence-corrected chi connectivity index (χ4v) is 3.64. The first-order valence-electron chi connectivity index (χ1n) is 8.07. The average molecular weight is 355 g/mol. The summed E-state index contributed by atoms with van der Waals surface area (Å²) in [5.74, 6) is 0.204. The maximum Gasteiger partial charge on any atom is 0.257 e. The number of aryl methyl sites for hydroxylation is 1. The summed E-state index contributed by atoms with van der Waals surface area (Å²) in [5, 5.41) is 3.44. The first-order valence-corrected chi connectivity index (χ1v) is 8.88. The minimum Gasteiger partial charge on any atom is -0.472 e. The van der Waals surface area contributed by atoms with Gasteiger partial charge < -0.3 is 9.47 Å². The number of ether oxygens (including phenoxy) is 2. The highest BCUT2D eigenvalue weighted by atomic mass is 32.1. The molecule has 6 nitrogen and oxygen atoms in total. The van der Waals surface area contributed by atoms with Gasteiger partial charge in [0.25, 0.3) is 5.91 Å². The molecule has 1 saturated heterocycles. The Labute approximate surface area is 148 Å². The summed E-state index contributed by atoms with van der Waals surface area (Å²) in [7, 11) is 0. The molecule has 1 aromatic carbocycles. The average Bonchev–Trinajstić information content (AvgIpc) is 3.25. The predicted octanol–water partition coefficient (Wildman–Crippen LogP) is 3.42. The fourth-order valence-electron chi connectivity index (χ4n) is 2.70. The van der Waals surface area contributed by atoms with Crippen molar-refractivity contribution >= 4 is 32.6 Å². The van der Waals surface area contributed by atoms with Crippen LogP contribution in [0.15, 0.2) is 36.5 Å². The fraction of sp³-hybridized carbons (Fsp3) is 0.278. The summed E-state index contributed by atoms with van der Waals surface area (Å²) < 4.78 is 12.1. The molecule has 3 heterocycles. The number of carbonyl (C=O) groups is 1. The van der Waals surface area contributed by atoms with Gasteiger partial charge in [-0.05, 0) is 24.6 Å². The quantitative estimate of drug-likeness (QED) is 0.776. The number of pyridine rings is 1. The molecule has 2 aromatic heterocycles. The van der Waals surface area contributed by atoms with Crippen LogP contribution in [0.5, 0.6) is 5.88 Å². The van der Waals surface area contributed by atoms with Gasteiger partial charge >= 0.3 is 0 Å². The van der Waals surface area contributed by atoms with E-state index in [0.717, 1.165) is 22.2 Å². The minimum absolute atomic E-state index is 0.00181. The van der Waals surface area contributed by atoms with Crippen LogP contribution in [0.2, 0.25) is 0 Å². The van der Waals surface area contributed by atoms with Gasteiger partial charge in [0, 0.05) is 24.2 Å². The molecule has 128 valence electrons. The van der Waals surface area contributed by atoms with Crippen molar-refractivity contribution in [1.82, 2.24) is 9.97 Å². The second kappa shape index (κ2) is 6.78. The van der Waals surface area contributed by atoms with E-state index < -0.39 is 0 Å². The molecule has 1 aliphatic rings. The molecule has 3 aromatic rings. The normalized spacial score (nSPS) is 16.9. The lowest BCUT2D eigenvalue weighted by molar-refractivity contribution is 0.102. The summed E-state index contributed by atoms with van der Waals surface area (Å²) in [6, 6.07) is 9.30. The van der Waals surface area contributed by atoms with E-state index >= 15 is 0 Å². The van der Waals surface area contributed by atoms with E-state index in [4.69, 9.17) is 9.47 Å². The largest absolute Gasteiger partial charge is 0.472 e. The highest BCUT2D eigenvalue weighted by molar-refractivity contribution is 7.22. The monoisotopic (exact) mass is 355 g/mol. The lowest BCUT2D eigenvalue weighted by Gasteiger charge is -2.11. The number of thiazole rings is 1. The van der Waals surface area contributed by atoms with E-state index in [2.05, 4.69) is 15.3 Å². The Kier molecular flexibility index (Phi) is 4.33. The number of rotatable bonds is 4. The Balaban J connectivity index is 1.50. The number of nitrogens with one attached hydrogen (secondary N) is 1. The molecular formula is C18H17N3O3S. The standard InChI is InChI=1S/C18H17N3O3S/c1-11-3-2-4-14-16(11)20-18(25-14)21-17(22)12-5-7-19-15(9-12)24-13-6-8-23-10-13/h2-5,7,9,13H,6,8,10H2,1H3,(H,20,21,22). The molecule has 0 bridgehead atoms. The van der Waals surface area contributed by atoms with Gasteiger partial charge in [-0.2, -0.15) is 0 Å². The molecule has 0 radical (unpaired) electrons. The number of hydrogen-bond donors (Lipinski definition) is 1. The summed E-state index contributed by atoms with van der Waals surface area (Å²) in [6.07, 6.45) is 2.41. The number of para-hydroxylation sites is 1. The highest BCUT2D eigenvalue weighted by Gasteiger charge is 2.18. The topological polar surface area (TPSA) is 73.3 Å². The number of anilines is 1. The van der Waals surface area contributed by atoms with Crippen molar-refractivity contribution in [2.45, 2.75) is 19.4 Å². The number of benzene rings is 1. The zero-order valence-electron chi connectivity index (χ0n) is 13.7. The Morgan fingerprint density at radius 2 is 2.32 bits per heavy atom. The van der Waals surface area contributed by atoms with Crippen molar-refractivity contribution in [2.24, 2.45) is 0 Å². The summed E-state index contributed by atoms with van der Waals surface area (Å²) in [4.78, 5) is 21.2. The van der Waals surface area contributed by atoms with E-state index in [1.165, 1.54) is 11.3 Å². The zero-order chi connectivity index (χ0) is 17.2. The summed E-state index contributed by atoms with van der Waals surface area (Å²) in [5.41, 5.74) is 2.50. The smallest absolute Gasteiger partial charge is 0.257 e. The Morgan fingerprint density at radius 3 is 3.12 bits per heavy atom. The molecule has 1 fully saturated rings. The third-order valence-corrected chi connectivity index (χ3v) is 4.95. The number of hydrogen-bond acceptors (Lipinski definition) is 6. The van der Waals surface area contributed by atoms with Crippen LogP contribution in [0.1, 0.15) is 22.3 Å². The molecule has 7 heteroatoms. The number of nitrogens with zero attached hydrogens (tertiary/aromatic N) is 2. The Morgan fingerprint density at radius 1 is 1.40 bits per heavy atom. The lowest BCUT2D eigenvalue weighted by atomic mass is 10.2. The minimum atomic E-state index is -0.230. The molecule has 0 spiro atoms. The number of carbonyl (C=O) groups excluding carboxylic acids is 1. The van der Waals surface area contributed by atoms with Crippen LogP contribution >= 0.6 is 11.3 Å². The second-order valence-corrected chi connectivity index (χ2v) is 6.91. The van der Waals surface area contributed by atoms with Crippen LogP contribution in [0.4, 0.5) is 5.13 Å². The molecule has 4 rings (SSSR count). The third-order valence-electron chi connectivity index (χ3n) is 4.01. The van der Waals surface area contributed by atoms with E-state index in [1.54, 1.807) is 18.3 Å². The second-order valence-electron chi connectivity index (χ2n) is 5.88. The Bertz CT molecular complexity index is 919. The molecule has 25 heavy (non-hydrogen) atoms. The van der Waals surface area contributed by atoms with Crippen molar-refractivity contribution in [1.29, 1.82) is 0 Å². The van der Waals surface area contributed by atoms with Crippen molar-refractivity contribution in [2.75, 3.05) is 18.5 Å². The van der Waals surface area contributed by atoms with E-state index in [9.17, 15) is 4.79 Å². The lowest BCUT2D eigenvalue weighted by Crippen LogP contribution is -2.17. The van der Waals surface area contributed by atoms with Crippen LogP contribution in [0, 0.1) is 6.92 Å². The van der Waals surface area contributed by atoms with Gasteiger partial charge in [-0.25, -0.2) is 9.97 Å². The first-order chi connectivity index (χ1) is 12.2. The van der Waals surface area contributed by atoms with Crippen molar-refractivity contribution in [3.05, 3.63) is 47.7 Å². The van der Waals surface area contributed by atoms with Gasteiger partial charge in [0.15, 0.2) is 5.13 Å². The van der Waals surface area contributed by atoms with Gasteiger partial charge in [-0.1, -0.05) is 23.5 Å². The van der Waals surface area contributed by atoms with E-state index in [0.29, 0.717) is 29.8 Å². The predicted molar refractivity (Wildman–Crippen MR) is 96.4 cm³/mol. The summed E-state index contributed by atoms with van der Waals surface area (Å²) in [6.45, 7) is 3.26. The van der Waals surface area contributed by atoms with Crippen LogP contribution in [0.3, 0.4) is 0 Å². The highest BCUT2D eigenvalue weighted by Crippen LogP contribution is 2.28. The van der Waals surface area contributed by atoms with E-state index in [1.807, 2.05) is 25.1 Å². The molecule has 0 saturated carbocycles. The van der Waals surface area contributed by atoms with Crippen LogP contribution in [-0.2, 0) is 4.74 Å². The maximum absolute atomic E-state index is 12.5. The van der Waals surface area contributed by atoms with Gasteiger partial charge in [0.05, 0.1) is 23.4 Å². The maximum atomic E-state index is 12.5. The molecule has 1 unspecified atom stereocenters. The number of fused-ring (bicyclic) bond motifs is 1. The molecule has 1 aliphatic heterocycles. The van der Waals surface area contributed by atoms with Crippen molar-refractivity contribution < 1.29 is 14.3 Å². The molecule has 1 N–H and O–H groups in total. The van der Waals surface area contributed by atoms with Crippen molar-refractivity contribution in [3.8, 4) is 5.88 Å². The van der Waals surface area contributed by atoms with E-state index in [-0.39, 0.29) is 12.0 Å².